The molecular formula is C14H13N5O2. The Morgan fingerprint density at radius 1 is 1.14 bits per heavy atom. The zero-order valence-corrected chi connectivity index (χ0v) is 11.3. The van der Waals surface area contributed by atoms with Crippen molar-refractivity contribution in [3.05, 3.63) is 68.6 Å². The molecule has 7 nitrogen and oxygen atoms in total. The summed E-state index contributed by atoms with van der Waals surface area (Å²) in [5, 5.41) is 8.11. The molecule has 0 bridgehead atoms. The summed E-state index contributed by atoms with van der Waals surface area (Å²) < 4.78 is 1.58. The predicted octanol–water partition coefficient (Wildman–Crippen LogP) is 0.678. The van der Waals surface area contributed by atoms with Crippen LogP contribution in [0.2, 0.25) is 0 Å². The molecule has 0 aliphatic rings. The molecule has 0 atom stereocenters. The molecule has 0 saturated heterocycles. The summed E-state index contributed by atoms with van der Waals surface area (Å²) in [4.78, 5) is 27.7. The minimum atomic E-state index is -0.524. The van der Waals surface area contributed by atoms with Crippen LogP contribution in [-0.2, 0) is 6.54 Å². The first-order valence-corrected chi connectivity index (χ1v) is 6.41. The molecule has 0 amide bonds. The minimum Gasteiger partial charge on any atom is -0.309 e. The molecule has 2 aromatic heterocycles. The van der Waals surface area contributed by atoms with E-state index in [0.717, 1.165) is 11.3 Å². The quantitative estimate of drug-likeness (QED) is 0.738. The molecule has 0 aliphatic heterocycles. The van der Waals surface area contributed by atoms with Crippen molar-refractivity contribution in [2.75, 3.05) is 0 Å². The standard InChI is InChI=1S/C14H13N5O2/c1-9-11(15-14(21)16-13(9)20)7-19-8-12(17-18-19)10-5-3-2-4-6-10/h2-6,8H,7H2,1H3,(H2,15,16,20,21). The van der Waals surface area contributed by atoms with Gasteiger partial charge in [0.05, 0.1) is 12.7 Å². The van der Waals surface area contributed by atoms with Gasteiger partial charge in [0.25, 0.3) is 5.56 Å². The Kier molecular flexibility index (Phi) is 3.23. The van der Waals surface area contributed by atoms with Crippen LogP contribution in [0.25, 0.3) is 11.3 Å². The lowest BCUT2D eigenvalue weighted by Gasteiger charge is -2.03. The lowest BCUT2D eigenvalue weighted by atomic mass is 10.2. The van der Waals surface area contributed by atoms with E-state index >= 15 is 0 Å². The Balaban J connectivity index is 1.92. The summed E-state index contributed by atoms with van der Waals surface area (Å²) >= 11 is 0. The Hall–Kier alpha value is -2.96. The van der Waals surface area contributed by atoms with Crippen LogP contribution in [0.1, 0.15) is 11.3 Å². The Morgan fingerprint density at radius 3 is 2.67 bits per heavy atom. The van der Waals surface area contributed by atoms with Crippen LogP contribution in [-0.4, -0.2) is 25.0 Å². The van der Waals surface area contributed by atoms with Crippen LogP contribution < -0.4 is 11.2 Å². The number of rotatable bonds is 3. The fraction of sp³-hybridized carbons (Fsp3) is 0.143. The van der Waals surface area contributed by atoms with E-state index in [4.69, 9.17) is 0 Å². The first-order chi connectivity index (χ1) is 10.1. The summed E-state index contributed by atoms with van der Waals surface area (Å²) in [6.07, 6.45) is 1.77. The van der Waals surface area contributed by atoms with Gasteiger partial charge in [-0.25, -0.2) is 9.48 Å². The smallest absolute Gasteiger partial charge is 0.309 e. The van der Waals surface area contributed by atoms with Crippen molar-refractivity contribution in [3.63, 3.8) is 0 Å². The van der Waals surface area contributed by atoms with Gasteiger partial charge in [-0.1, -0.05) is 35.5 Å². The second-order valence-electron chi connectivity index (χ2n) is 4.68. The van der Waals surface area contributed by atoms with Crippen LogP contribution >= 0.6 is 0 Å². The highest BCUT2D eigenvalue weighted by molar-refractivity contribution is 5.57. The van der Waals surface area contributed by atoms with E-state index in [0.29, 0.717) is 11.3 Å². The summed E-state index contributed by atoms with van der Waals surface area (Å²) in [5.74, 6) is 0. The predicted molar refractivity (Wildman–Crippen MR) is 77.0 cm³/mol. The van der Waals surface area contributed by atoms with Gasteiger partial charge < -0.3 is 4.98 Å². The van der Waals surface area contributed by atoms with E-state index in [1.165, 1.54) is 0 Å². The fourth-order valence-corrected chi connectivity index (χ4v) is 2.03. The third-order valence-electron chi connectivity index (χ3n) is 3.21. The second kappa shape index (κ2) is 5.20. The molecule has 7 heteroatoms. The molecule has 2 N–H and O–H groups in total. The maximum atomic E-state index is 11.6. The van der Waals surface area contributed by atoms with Gasteiger partial charge in [-0.3, -0.25) is 9.78 Å². The van der Waals surface area contributed by atoms with Gasteiger partial charge in [-0.15, -0.1) is 5.10 Å². The lowest BCUT2D eigenvalue weighted by molar-refractivity contribution is 0.630. The van der Waals surface area contributed by atoms with E-state index in [2.05, 4.69) is 20.3 Å². The van der Waals surface area contributed by atoms with Crippen LogP contribution in [0.5, 0.6) is 0 Å². The second-order valence-corrected chi connectivity index (χ2v) is 4.68. The number of aromatic amines is 2. The largest absolute Gasteiger partial charge is 0.325 e. The van der Waals surface area contributed by atoms with Gasteiger partial charge in [-0.05, 0) is 6.92 Å². The molecule has 1 aromatic carbocycles. The molecular weight excluding hydrogens is 270 g/mol. The number of benzene rings is 1. The van der Waals surface area contributed by atoms with Crippen molar-refractivity contribution in [2.24, 2.45) is 0 Å². The van der Waals surface area contributed by atoms with Gasteiger partial charge in [0.1, 0.15) is 5.69 Å². The molecule has 0 spiro atoms. The number of aromatic nitrogens is 5. The highest BCUT2D eigenvalue weighted by Crippen LogP contribution is 2.15. The monoisotopic (exact) mass is 283 g/mol. The molecule has 0 radical (unpaired) electrons. The molecule has 0 fully saturated rings. The molecule has 2 heterocycles. The van der Waals surface area contributed by atoms with Crippen molar-refractivity contribution in [3.8, 4) is 11.3 Å². The number of hydrogen-bond acceptors (Lipinski definition) is 4. The van der Waals surface area contributed by atoms with Crippen molar-refractivity contribution in [1.29, 1.82) is 0 Å². The first-order valence-electron chi connectivity index (χ1n) is 6.41. The van der Waals surface area contributed by atoms with Crippen molar-refractivity contribution in [1.82, 2.24) is 25.0 Å². The molecule has 0 saturated carbocycles. The van der Waals surface area contributed by atoms with Crippen LogP contribution in [0.4, 0.5) is 0 Å². The normalized spacial score (nSPS) is 10.7. The van der Waals surface area contributed by atoms with Crippen LogP contribution in [0.3, 0.4) is 0 Å². The maximum Gasteiger partial charge on any atom is 0.325 e. The SMILES string of the molecule is Cc1c(Cn2cc(-c3ccccc3)nn2)[nH]c(=O)[nH]c1=O. The minimum absolute atomic E-state index is 0.283. The van der Waals surface area contributed by atoms with Gasteiger partial charge >= 0.3 is 5.69 Å². The highest BCUT2D eigenvalue weighted by atomic mass is 16.2. The van der Waals surface area contributed by atoms with Gasteiger partial charge in [0.15, 0.2) is 0 Å². The Morgan fingerprint density at radius 2 is 1.90 bits per heavy atom. The highest BCUT2D eigenvalue weighted by Gasteiger charge is 2.08. The number of hydrogen-bond donors (Lipinski definition) is 2. The van der Waals surface area contributed by atoms with E-state index in [1.54, 1.807) is 17.8 Å². The van der Waals surface area contributed by atoms with E-state index < -0.39 is 11.2 Å². The molecule has 21 heavy (non-hydrogen) atoms. The van der Waals surface area contributed by atoms with Gasteiger partial charge in [-0.2, -0.15) is 0 Å². The molecule has 106 valence electrons. The first kappa shape index (κ1) is 13.0. The average Bonchev–Trinajstić information content (AvgIpc) is 2.94. The topological polar surface area (TPSA) is 96.4 Å². The van der Waals surface area contributed by atoms with Crippen LogP contribution in [0, 0.1) is 6.92 Å². The van der Waals surface area contributed by atoms with E-state index in [9.17, 15) is 9.59 Å². The molecule has 3 rings (SSSR count). The fourth-order valence-electron chi connectivity index (χ4n) is 2.03. The third kappa shape index (κ3) is 2.66. The Labute approximate surface area is 119 Å². The van der Waals surface area contributed by atoms with E-state index in [-0.39, 0.29) is 6.54 Å². The third-order valence-corrected chi connectivity index (χ3v) is 3.21. The van der Waals surface area contributed by atoms with Crippen LogP contribution in [0.15, 0.2) is 46.1 Å². The zero-order valence-electron chi connectivity index (χ0n) is 11.3. The summed E-state index contributed by atoms with van der Waals surface area (Å²) in [5.41, 5.74) is 1.76. The van der Waals surface area contributed by atoms with Gasteiger partial charge in [0.2, 0.25) is 0 Å². The zero-order chi connectivity index (χ0) is 14.8. The maximum absolute atomic E-state index is 11.6. The Bertz CT molecular complexity index is 876. The molecule has 0 aliphatic carbocycles. The van der Waals surface area contributed by atoms with Gasteiger partial charge in [0, 0.05) is 16.8 Å². The number of nitrogens with one attached hydrogen (secondary N) is 2. The van der Waals surface area contributed by atoms with Crippen molar-refractivity contribution >= 4 is 0 Å². The number of nitrogens with zero attached hydrogens (tertiary/aromatic N) is 3. The summed E-state index contributed by atoms with van der Waals surface area (Å²) in [6.45, 7) is 1.93. The number of H-pyrrole nitrogens is 2. The summed E-state index contributed by atoms with van der Waals surface area (Å²) in [7, 11) is 0. The van der Waals surface area contributed by atoms with Crippen molar-refractivity contribution < 1.29 is 0 Å². The summed E-state index contributed by atoms with van der Waals surface area (Å²) in [6, 6.07) is 9.65. The average molecular weight is 283 g/mol. The molecule has 3 aromatic rings. The van der Waals surface area contributed by atoms with E-state index in [1.807, 2.05) is 30.3 Å². The molecule has 0 unspecified atom stereocenters. The van der Waals surface area contributed by atoms with Crippen molar-refractivity contribution in [2.45, 2.75) is 13.5 Å². The lowest BCUT2D eigenvalue weighted by Crippen LogP contribution is -2.27.